The summed E-state index contributed by atoms with van der Waals surface area (Å²) in [5, 5.41) is 0. The zero-order valence-corrected chi connectivity index (χ0v) is 13.2. The highest BCUT2D eigenvalue weighted by molar-refractivity contribution is 5.95. The van der Waals surface area contributed by atoms with Gasteiger partial charge in [-0.05, 0) is 48.9 Å². The first-order valence-corrected chi connectivity index (χ1v) is 7.42. The van der Waals surface area contributed by atoms with Crippen LogP contribution in [0.3, 0.4) is 0 Å². The van der Waals surface area contributed by atoms with Gasteiger partial charge in [0.15, 0.2) is 0 Å². The summed E-state index contributed by atoms with van der Waals surface area (Å²) in [6, 6.07) is 6.15. The average molecular weight is 311 g/mol. The number of methoxy groups -OCH3 is 1. The molecule has 3 rings (SSSR count). The number of hydrogen-bond acceptors (Lipinski definition) is 3. The van der Waals surface area contributed by atoms with E-state index in [1.165, 1.54) is 5.56 Å². The second-order valence-corrected chi connectivity index (χ2v) is 5.85. The van der Waals surface area contributed by atoms with Gasteiger partial charge in [-0.25, -0.2) is 0 Å². The van der Waals surface area contributed by atoms with Gasteiger partial charge in [0.05, 0.1) is 7.11 Å². The molecule has 0 aromatic heterocycles. The van der Waals surface area contributed by atoms with Crippen LogP contribution in [0, 0.1) is 5.92 Å². The third-order valence-electron chi connectivity index (χ3n) is 4.64. The van der Waals surface area contributed by atoms with Crippen molar-refractivity contribution in [2.45, 2.75) is 38.1 Å². The fraction of sp³-hybridized carbons (Fsp3) is 0.562. The van der Waals surface area contributed by atoms with Crippen molar-refractivity contribution in [1.82, 2.24) is 0 Å². The predicted octanol–water partition coefficient (Wildman–Crippen LogP) is 2.52. The van der Waals surface area contributed by atoms with Gasteiger partial charge < -0.3 is 15.4 Å². The molecule has 1 aromatic carbocycles. The molecule has 0 saturated heterocycles. The van der Waals surface area contributed by atoms with E-state index in [4.69, 9.17) is 10.5 Å². The van der Waals surface area contributed by atoms with E-state index in [1.54, 1.807) is 7.11 Å². The third-order valence-corrected chi connectivity index (χ3v) is 4.64. The molecular weight excluding hydrogens is 288 g/mol. The number of hydrogen-bond donors (Lipinski definition) is 1. The van der Waals surface area contributed by atoms with Crippen molar-refractivity contribution in [2.75, 3.05) is 18.6 Å². The number of halogens is 1. The summed E-state index contributed by atoms with van der Waals surface area (Å²) in [7, 11) is 1.67. The van der Waals surface area contributed by atoms with Gasteiger partial charge in [0.1, 0.15) is 5.75 Å². The fourth-order valence-electron chi connectivity index (χ4n) is 3.42. The average Bonchev–Trinajstić information content (AvgIpc) is 3.04. The Balaban J connectivity index is 0.00000161. The monoisotopic (exact) mass is 310 g/mol. The number of nitrogens with two attached hydrogens (primary N) is 1. The molecule has 1 amide bonds. The number of amides is 1. The second kappa shape index (κ2) is 6.67. The molecule has 0 bridgehead atoms. The molecule has 0 radical (unpaired) electrons. The quantitative estimate of drug-likeness (QED) is 0.933. The van der Waals surface area contributed by atoms with Crippen molar-refractivity contribution in [1.29, 1.82) is 0 Å². The Morgan fingerprint density at radius 2 is 2.24 bits per heavy atom. The van der Waals surface area contributed by atoms with Crippen LogP contribution in [-0.2, 0) is 11.2 Å². The number of carbonyl (C=O) groups excluding carboxylic acids is 1. The maximum atomic E-state index is 12.5. The zero-order chi connectivity index (χ0) is 14.1. The first-order valence-electron chi connectivity index (χ1n) is 7.42. The minimum absolute atomic E-state index is 0. The number of ether oxygens (including phenoxy) is 1. The standard InChI is InChI=1S/C16H22N2O2.ClH/c1-20-13-5-6-15-12(9-13)7-8-18(15)16(19)10-11-3-2-4-14(11)17;/h5-6,9,11,14H,2-4,7-8,10,17H2,1H3;1H/t11-,14+;/m0./s1. The number of fused-ring (bicyclic) bond motifs is 1. The first kappa shape index (κ1) is 16.1. The lowest BCUT2D eigenvalue weighted by molar-refractivity contribution is -0.119. The molecule has 1 aromatic rings. The Morgan fingerprint density at radius 3 is 2.90 bits per heavy atom. The maximum Gasteiger partial charge on any atom is 0.227 e. The van der Waals surface area contributed by atoms with Crippen LogP contribution in [0.1, 0.15) is 31.2 Å². The van der Waals surface area contributed by atoms with E-state index in [-0.39, 0.29) is 24.4 Å². The summed E-state index contributed by atoms with van der Waals surface area (Å²) < 4.78 is 5.24. The summed E-state index contributed by atoms with van der Waals surface area (Å²) in [6.45, 7) is 0.781. The zero-order valence-electron chi connectivity index (χ0n) is 12.4. The molecule has 2 aliphatic rings. The molecular formula is C16H23ClN2O2. The summed E-state index contributed by atoms with van der Waals surface area (Å²) in [4.78, 5) is 14.4. The van der Waals surface area contributed by atoms with Gasteiger partial charge in [-0.15, -0.1) is 12.4 Å². The summed E-state index contributed by atoms with van der Waals surface area (Å²) in [6.07, 6.45) is 4.82. The highest BCUT2D eigenvalue weighted by Crippen LogP contribution is 2.33. The topological polar surface area (TPSA) is 55.6 Å². The molecule has 1 aliphatic heterocycles. The lowest BCUT2D eigenvalue weighted by atomic mass is 9.99. The Labute approximate surface area is 132 Å². The molecule has 0 unspecified atom stereocenters. The Bertz CT molecular complexity index is 521. The summed E-state index contributed by atoms with van der Waals surface area (Å²) >= 11 is 0. The SMILES string of the molecule is COc1ccc2c(c1)CCN2C(=O)C[C@@H]1CCC[C@H]1N.Cl. The third kappa shape index (κ3) is 3.16. The number of carbonyl (C=O) groups is 1. The lowest BCUT2D eigenvalue weighted by Gasteiger charge is -2.21. The van der Waals surface area contributed by atoms with Crippen LogP contribution in [0.25, 0.3) is 0 Å². The van der Waals surface area contributed by atoms with E-state index in [9.17, 15) is 4.79 Å². The van der Waals surface area contributed by atoms with E-state index in [1.807, 2.05) is 23.1 Å². The largest absolute Gasteiger partial charge is 0.497 e. The van der Waals surface area contributed by atoms with Crippen LogP contribution in [0.15, 0.2) is 18.2 Å². The highest BCUT2D eigenvalue weighted by Gasteiger charge is 2.30. The molecule has 21 heavy (non-hydrogen) atoms. The van der Waals surface area contributed by atoms with Crippen LogP contribution in [0.4, 0.5) is 5.69 Å². The van der Waals surface area contributed by atoms with Crippen molar-refractivity contribution < 1.29 is 9.53 Å². The van der Waals surface area contributed by atoms with Crippen molar-refractivity contribution in [2.24, 2.45) is 11.7 Å². The van der Waals surface area contributed by atoms with E-state index in [0.29, 0.717) is 12.3 Å². The van der Waals surface area contributed by atoms with Gasteiger partial charge in [-0.3, -0.25) is 4.79 Å². The van der Waals surface area contributed by atoms with E-state index in [2.05, 4.69) is 0 Å². The van der Waals surface area contributed by atoms with Crippen LogP contribution < -0.4 is 15.4 Å². The summed E-state index contributed by atoms with van der Waals surface area (Å²) in [5.74, 6) is 1.44. The van der Waals surface area contributed by atoms with E-state index < -0.39 is 0 Å². The molecule has 2 atom stereocenters. The van der Waals surface area contributed by atoms with Gasteiger partial charge in [-0.1, -0.05) is 6.42 Å². The first-order chi connectivity index (χ1) is 9.69. The predicted molar refractivity (Wildman–Crippen MR) is 86.2 cm³/mol. The second-order valence-electron chi connectivity index (χ2n) is 5.85. The van der Waals surface area contributed by atoms with Gasteiger partial charge >= 0.3 is 0 Å². The Morgan fingerprint density at radius 1 is 1.43 bits per heavy atom. The highest BCUT2D eigenvalue weighted by atomic mass is 35.5. The molecule has 5 heteroatoms. The Kier molecular flexibility index (Phi) is 5.12. The number of anilines is 1. The number of benzene rings is 1. The van der Waals surface area contributed by atoms with Crippen molar-refractivity contribution in [3.8, 4) is 5.75 Å². The van der Waals surface area contributed by atoms with Gasteiger partial charge in [0.25, 0.3) is 0 Å². The molecule has 1 aliphatic carbocycles. The molecule has 1 fully saturated rings. The molecule has 2 N–H and O–H groups in total. The van der Waals surface area contributed by atoms with E-state index in [0.717, 1.165) is 43.7 Å². The van der Waals surface area contributed by atoms with Gasteiger partial charge in [0.2, 0.25) is 5.91 Å². The van der Waals surface area contributed by atoms with E-state index >= 15 is 0 Å². The fourth-order valence-corrected chi connectivity index (χ4v) is 3.42. The van der Waals surface area contributed by atoms with Crippen molar-refractivity contribution in [3.05, 3.63) is 23.8 Å². The molecule has 0 spiro atoms. The minimum atomic E-state index is 0. The molecule has 4 nitrogen and oxygen atoms in total. The lowest BCUT2D eigenvalue weighted by Crippen LogP contribution is -2.34. The van der Waals surface area contributed by atoms with Crippen molar-refractivity contribution in [3.63, 3.8) is 0 Å². The van der Waals surface area contributed by atoms with Crippen LogP contribution in [0.2, 0.25) is 0 Å². The minimum Gasteiger partial charge on any atom is -0.497 e. The number of nitrogens with zero attached hydrogens (tertiary/aromatic N) is 1. The van der Waals surface area contributed by atoms with Crippen molar-refractivity contribution >= 4 is 24.0 Å². The smallest absolute Gasteiger partial charge is 0.227 e. The summed E-state index contributed by atoms with van der Waals surface area (Å²) in [5.41, 5.74) is 8.32. The molecule has 1 heterocycles. The maximum absolute atomic E-state index is 12.5. The van der Waals surface area contributed by atoms with Crippen LogP contribution >= 0.6 is 12.4 Å². The normalized spacial score (nSPS) is 23.6. The molecule has 1 saturated carbocycles. The Hall–Kier alpha value is -1.26. The van der Waals surface area contributed by atoms with Gasteiger partial charge in [-0.2, -0.15) is 0 Å². The van der Waals surface area contributed by atoms with Gasteiger partial charge in [0, 0.05) is 24.7 Å². The van der Waals surface area contributed by atoms with Crippen LogP contribution in [0.5, 0.6) is 5.75 Å². The number of rotatable bonds is 3. The molecule has 116 valence electrons. The van der Waals surface area contributed by atoms with Crippen LogP contribution in [-0.4, -0.2) is 25.6 Å².